The number of hydrogen-bond donors (Lipinski definition) is 2. The molecule has 1 aliphatic rings. The molecule has 1 aliphatic carbocycles. The Morgan fingerprint density at radius 2 is 1.87 bits per heavy atom. The lowest BCUT2D eigenvalue weighted by molar-refractivity contribution is -0.119. The van der Waals surface area contributed by atoms with Crippen LogP contribution in [0.5, 0.6) is 0 Å². The SMILES string of the molecule is C=C(C)C(NC1CCCCCC1)C(N)=O. The largest absolute Gasteiger partial charge is 0.368 e. The molecule has 15 heavy (non-hydrogen) atoms. The number of rotatable bonds is 4. The molecular weight excluding hydrogens is 188 g/mol. The summed E-state index contributed by atoms with van der Waals surface area (Å²) in [5.41, 5.74) is 6.14. The maximum atomic E-state index is 11.2. The Labute approximate surface area is 92.1 Å². The minimum Gasteiger partial charge on any atom is -0.368 e. The number of hydrogen-bond acceptors (Lipinski definition) is 2. The Morgan fingerprint density at radius 3 is 2.27 bits per heavy atom. The Hall–Kier alpha value is -0.830. The van der Waals surface area contributed by atoms with Crippen molar-refractivity contribution in [1.82, 2.24) is 5.32 Å². The molecule has 0 spiro atoms. The van der Waals surface area contributed by atoms with Crippen LogP contribution in [0.1, 0.15) is 45.4 Å². The minimum atomic E-state index is -0.354. The first-order valence-electron chi connectivity index (χ1n) is 5.82. The van der Waals surface area contributed by atoms with Gasteiger partial charge in [-0.15, -0.1) is 0 Å². The van der Waals surface area contributed by atoms with Gasteiger partial charge in [-0.2, -0.15) is 0 Å². The number of amides is 1. The van der Waals surface area contributed by atoms with Crippen LogP contribution in [-0.4, -0.2) is 18.0 Å². The summed E-state index contributed by atoms with van der Waals surface area (Å²) in [6.07, 6.45) is 7.42. The zero-order valence-corrected chi connectivity index (χ0v) is 9.59. The average molecular weight is 210 g/mol. The van der Waals surface area contributed by atoms with E-state index < -0.39 is 0 Å². The average Bonchev–Trinajstić information content (AvgIpc) is 2.41. The third-order valence-electron chi connectivity index (χ3n) is 3.03. The third-order valence-corrected chi connectivity index (χ3v) is 3.03. The molecule has 3 nitrogen and oxygen atoms in total. The summed E-state index contributed by atoms with van der Waals surface area (Å²) in [6.45, 7) is 5.65. The van der Waals surface area contributed by atoms with E-state index in [1.807, 2.05) is 6.92 Å². The van der Waals surface area contributed by atoms with Gasteiger partial charge in [0.2, 0.25) is 5.91 Å². The molecule has 0 radical (unpaired) electrons. The molecule has 1 fully saturated rings. The van der Waals surface area contributed by atoms with E-state index in [1.54, 1.807) is 0 Å². The second-order valence-electron chi connectivity index (χ2n) is 4.54. The van der Waals surface area contributed by atoms with E-state index in [0.29, 0.717) is 6.04 Å². The molecule has 0 saturated heterocycles. The molecule has 3 N–H and O–H groups in total. The lowest BCUT2D eigenvalue weighted by Crippen LogP contribution is -2.46. The topological polar surface area (TPSA) is 55.1 Å². The summed E-state index contributed by atoms with van der Waals surface area (Å²) < 4.78 is 0. The molecule has 1 saturated carbocycles. The molecular formula is C12H22N2O. The van der Waals surface area contributed by atoms with Crippen molar-refractivity contribution in [2.24, 2.45) is 5.73 Å². The molecule has 3 heteroatoms. The first kappa shape index (κ1) is 12.2. The van der Waals surface area contributed by atoms with E-state index >= 15 is 0 Å². The Balaban J connectivity index is 2.48. The zero-order valence-electron chi connectivity index (χ0n) is 9.59. The number of carbonyl (C=O) groups is 1. The van der Waals surface area contributed by atoms with Gasteiger partial charge in [0, 0.05) is 6.04 Å². The van der Waals surface area contributed by atoms with Crippen LogP contribution in [-0.2, 0) is 4.79 Å². The number of nitrogens with one attached hydrogen (secondary N) is 1. The van der Waals surface area contributed by atoms with E-state index in [-0.39, 0.29) is 11.9 Å². The molecule has 1 rings (SSSR count). The normalized spacial score (nSPS) is 20.6. The van der Waals surface area contributed by atoms with Crippen molar-refractivity contribution in [3.63, 3.8) is 0 Å². The summed E-state index contributed by atoms with van der Waals surface area (Å²) in [6, 6.07) is 0.0785. The van der Waals surface area contributed by atoms with Crippen molar-refractivity contribution >= 4 is 5.91 Å². The molecule has 0 aromatic heterocycles. The first-order valence-corrected chi connectivity index (χ1v) is 5.82. The summed E-state index contributed by atoms with van der Waals surface area (Å²) >= 11 is 0. The summed E-state index contributed by atoms with van der Waals surface area (Å²) in [5.74, 6) is -0.313. The predicted molar refractivity (Wildman–Crippen MR) is 62.4 cm³/mol. The van der Waals surface area contributed by atoms with Gasteiger partial charge in [-0.25, -0.2) is 0 Å². The highest BCUT2D eigenvalue weighted by molar-refractivity contribution is 5.83. The predicted octanol–water partition coefficient (Wildman–Crippen LogP) is 1.73. The molecule has 0 heterocycles. The van der Waals surface area contributed by atoms with Gasteiger partial charge in [0.15, 0.2) is 0 Å². The van der Waals surface area contributed by atoms with E-state index in [2.05, 4.69) is 11.9 Å². The Kier molecular flexibility index (Phi) is 4.82. The highest BCUT2D eigenvalue weighted by Gasteiger charge is 2.21. The van der Waals surface area contributed by atoms with Crippen molar-refractivity contribution in [3.05, 3.63) is 12.2 Å². The van der Waals surface area contributed by atoms with Crippen LogP contribution in [0.25, 0.3) is 0 Å². The lowest BCUT2D eigenvalue weighted by atomic mass is 10.0. The standard InChI is InChI=1S/C12H22N2O/c1-9(2)11(12(13)15)14-10-7-5-3-4-6-8-10/h10-11,14H,1,3-8H2,2H3,(H2,13,15). The molecule has 1 amide bonds. The monoisotopic (exact) mass is 210 g/mol. The van der Waals surface area contributed by atoms with E-state index in [4.69, 9.17) is 5.73 Å². The van der Waals surface area contributed by atoms with Gasteiger partial charge in [0.25, 0.3) is 0 Å². The third kappa shape index (κ3) is 4.04. The van der Waals surface area contributed by atoms with Crippen LogP contribution in [0.3, 0.4) is 0 Å². The van der Waals surface area contributed by atoms with Crippen LogP contribution in [0.15, 0.2) is 12.2 Å². The maximum Gasteiger partial charge on any atom is 0.238 e. The van der Waals surface area contributed by atoms with Gasteiger partial charge in [-0.3, -0.25) is 10.1 Å². The number of nitrogens with two attached hydrogens (primary N) is 1. The van der Waals surface area contributed by atoms with Crippen LogP contribution in [0.4, 0.5) is 0 Å². The van der Waals surface area contributed by atoms with Gasteiger partial charge in [0.1, 0.15) is 6.04 Å². The highest BCUT2D eigenvalue weighted by atomic mass is 16.1. The molecule has 0 aliphatic heterocycles. The van der Waals surface area contributed by atoms with Crippen LogP contribution >= 0.6 is 0 Å². The lowest BCUT2D eigenvalue weighted by Gasteiger charge is -2.22. The Bertz CT molecular complexity index is 216. The fourth-order valence-corrected chi connectivity index (χ4v) is 2.15. The van der Waals surface area contributed by atoms with Gasteiger partial charge >= 0.3 is 0 Å². The first-order chi connectivity index (χ1) is 7.11. The smallest absolute Gasteiger partial charge is 0.238 e. The Morgan fingerprint density at radius 1 is 1.33 bits per heavy atom. The summed E-state index contributed by atoms with van der Waals surface area (Å²) in [7, 11) is 0. The van der Waals surface area contributed by atoms with Crippen LogP contribution in [0.2, 0.25) is 0 Å². The van der Waals surface area contributed by atoms with Crippen LogP contribution < -0.4 is 11.1 Å². The summed E-state index contributed by atoms with van der Waals surface area (Å²) in [5, 5.41) is 3.32. The highest BCUT2D eigenvalue weighted by Crippen LogP contribution is 2.18. The fourth-order valence-electron chi connectivity index (χ4n) is 2.15. The molecule has 0 bridgehead atoms. The number of carbonyl (C=O) groups excluding carboxylic acids is 1. The molecule has 1 atom stereocenters. The molecule has 1 unspecified atom stereocenters. The van der Waals surface area contributed by atoms with Crippen molar-refractivity contribution < 1.29 is 4.79 Å². The quantitative estimate of drug-likeness (QED) is 0.548. The zero-order chi connectivity index (χ0) is 11.3. The van der Waals surface area contributed by atoms with E-state index in [9.17, 15) is 4.79 Å². The van der Waals surface area contributed by atoms with Crippen molar-refractivity contribution in [2.75, 3.05) is 0 Å². The second kappa shape index (κ2) is 5.91. The molecule has 0 aromatic carbocycles. The van der Waals surface area contributed by atoms with Gasteiger partial charge < -0.3 is 5.73 Å². The fraction of sp³-hybridized carbons (Fsp3) is 0.750. The maximum absolute atomic E-state index is 11.2. The van der Waals surface area contributed by atoms with Crippen molar-refractivity contribution in [3.8, 4) is 0 Å². The van der Waals surface area contributed by atoms with Gasteiger partial charge in [0.05, 0.1) is 0 Å². The van der Waals surface area contributed by atoms with E-state index in [1.165, 1.54) is 25.7 Å². The number of primary amides is 1. The van der Waals surface area contributed by atoms with Crippen LogP contribution in [0, 0.1) is 0 Å². The van der Waals surface area contributed by atoms with Gasteiger partial charge in [-0.1, -0.05) is 37.8 Å². The summed E-state index contributed by atoms with van der Waals surface area (Å²) in [4.78, 5) is 11.2. The van der Waals surface area contributed by atoms with Crippen molar-refractivity contribution in [2.45, 2.75) is 57.5 Å². The van der Waals surface area contributed by atoms with E-state index in [0.717, 1.165) is 18.4 Å². The second-order valence-corrected chi connectivity index (χ2v) is 4.54. The van der Waals surface area contributed by atoms with Crippen molar-refractivity contribution in [1.29, 1.82) is 0 Å². The van der Waals surface area contributed by atoms with Gasteiger partial charge in [-0.05, 0) is 19.8 Å². The molecule has 0 aromatic rings. The minimum absolute atomic E-state index is 0.313. The molecule has 86 valence electrons.